The van der Waals surface area contributed by atoms with Crippen molar-refractivity contribution in [1.29, 1.82) is 0 Å². The van der Waals surface area contributed by atoms with Crippen molar-refractivity contribution in [2.45, 2.75) is 25.7 Å². The van der Waals surface area contributed by atoms with Gasteiger partial charge in [-0.15, -0.1) is 6.58 Å². The first-order valence-electron chi connectivity index (χ1n) is 7.27. The fraction of sp³-hybridized carbons (Fsp3) is 0.500. The van der Waals surface area contributed by atoms with Gasteiger partial charge in [-0.1, -0.05) is 23.8 Å². The van der Waals surface area contributed by atoms with Crippen LogP contribution in [0, 0.1) is 20.8 Å². The Labute approximate surface area is 128 Å². The van der Waals surface area contributed by atoms with Crippen LogP contribution in [0.1, 0.15) is 16.7 Å². The van der Waals surface area contributed by atoms with Gasteiger partial charge in [-0.3, -0.25) is 4.90 Å². The highest BCUT2D eigenvalue weighted by atomic mass is 32.2. The van der Waals surface area contributed by atoms with Gasteiger partial charge in [0.25, 0.3) is 0 Å². The van der Waals surface area contributed by atoms with E-state index in [1.165, 1.54) is 0 Å². The summed E-state index contributed by atoms with van der Waals surface area (Å²) in [5.74, 6) is 0. The molecule has 0 N–H and O–H groups in total. The molecule has 4 nitrogen and oxygen atoms in total. The molecule has 1 aromatic rings. The first-order valence-corrected chi connectivity index (χ1v) is 8.71. The van der Waals surface area contributed by atoms with Crippen molar-refractivity contribution < 1.29 is 8.42 Å². The first kappa shape index (κ1) is 16.2. The van der Waals surface area contributed by atoms with Crippen molar-refractivity contribution in [2.75, 3.05) is 32.7 Å². The molecule has 0 spiro atoms. The molecule has 21 heavy (non-hydrogen) atoms. The maximum Gasteiger partial charge on any atom is 0.243 e. The minimum atomic E-state index is -3.40. The zero-order chi connectivity index (χ0) is 15.6. The molecule has 0 atom stereocenters. The zero-order valence-corrected chi connectivity index (χ0v) is 13.9. The topological polar surface area (TPSA) is 40.6 Å². The maximum absolute atomic E-state index is 12.9. The van der Waals surface area contributed by atoms with Crippen molar-refractivity contribution in [3.05, 3.63) is 41.5 Å². The van der Waals surface area contributed by atoms with E-state index in [-0.39, 0.29) is 0 Å². The third-order valence-electron chi connectivity index (χ3n) is 3.92. The lowest BCUT2D eigenvalue weighted by Crippen LogP contribution is -2.48. The largest absolute Gasteiger partial charge is 0.297 e. The molecule has 0 amide bonds. The standard InChI is InChI=1S/C16H24N2O2S/c1-5-6-17-7-9-18(10-8-17)21(19,20)16-14(3)11-13(2)12-15(16)4/h5,11-12H,1,6-10H2,2-4H3. The predicted molar refractivity (Wildman–Crippen MR) is 86.0 cm³/mol. The number of rotatable bonds is 4. The second kappa shape index (κ2) is 6.30. The molecule has 2 rings (SSSR count). The van der Waals surface area contributed by atoms with E-state index in [9.17, 15) is 8.42 Å². The van der Waals surface area contributed by atoms with E-state index in [4.69, 9.17) is 0 Å². The van der Waals surface area contributed by atoms with Crippen molar-refractivity contribution in [2.24, 2.45) is 0 Å². The van der Waals surface area contributed by atoms with Gasteiger partial charge in [0.15, 0.2) is 0 Å². The molecule has 5 heteroatoms. The van der Waals surface area contributed by atoms with Crippen LogP contribution in [-0.4, -0.2) is 50.3 Å². The Morgan fingerprint density at radius 3 is 2.10 bits per heavy atom. The maximum atomic E-state index is 12.9. The molecule has 1 aliphatic rings. The van der Waals surface area contributed by atoms with Crippen LogP contribution in [0.5, 0.6) is 0 Å². The summed E-state index contributed by atoms with van der Waals surface area (Å²) in [5, 5.41) is 0. The van der Waals surface area contributed by atoms with Gasteiger partial charge in [0.2, 0.25) is 10.0 Å². The molecule has 116 valence electrons. The molecule has 0 radical (unpaired) electrons. The van der Waals surface area contributed by atoms with E-state index in [2.05, 4.69) is 11.5 Å². The number of aryl methyl sites for hydroxylation is 3. The van der Waals surface area contributed by atoms with E-state index in [0.717, 1.165) is 36.3 Å². The summed E-state index contributed by atoms with van der Waals surface area (Å²) >= 11 is 0. The summed E-state index contributed by atoms with van der Waals surface area (Å²) in [6.45, 7) is 12.9. The molecule has 1 aromatic carbocycles. The van der Waals surface area contributed by atoms with E-state index >= 15 is 0 Å². The number of piperazine rings is 1. The highest BCUT2D eigenvalue weighted by molar-refractivity contribution is 7.89. The quantitative estimate of drug-likeness (QED) is 0.800. The average molecular weight is 308 g/mol. The second-order valence-electron chi connectivity index (χ2n) is 5.72. The summed E-state index contributed by atoms with van der Waals surface area (Å²) in [6, 6.07) is 3.88. The van der Waals surface area contributed by atoms with Crippen LogP contribution in [-0.2, 0) is 10.0 Å². The Morgan fingerprint density at radius 1 is 1.10 bits per heavy atom. The van der Waals surface area contributed by atoms with Gasteiger partial charge in [-0.05, 0) is 31.9 Å². The summed E-state index contributed by atoms with van der Waals surface area (Å²) < 4.78 is 27.4. The van der Waals surface area contributed by atoms with Gasteiger partial charge < -0.3 is 0 Å². The summed E-state index contributed by atoms with van der Waals surface area (Å²) in [4.78, 5) is 2.69. The molecule has 1 fully saturated rings. The molecule has 0 aromatic heterocycles. The molecule has 0 bridgehead atoms. The van der Waals surface area contributed by atoms with E-state index in [0.29, 0.717) is 18.0 Å². The Kier molecular flexibility index (Phi) is 4.86. The Morgan fingerprint density at radius 2 is 1.62 bits per heavy atom. The Balaban J connectivity index is 2.26. The molecular weight excluding hydrogens is 284 g/mol. The molecule has 1 saturated heterocycles. The summed E-state index contributed by atoms with van der Waals surface area (Å²) in [5.41, 5.74) is 2.77. The molecule has 0 aliphatic carbocycles. The van der Waals surface area contributed by atoms with Crippen molar-refractivity contribution in [3.8, 4) is 0 Å². The minimum Gasteiger partial charge on any atom is -0.297 e. The van der Waals surface area contributed by atoms with Crippen LogP contribution in [0.15, 0.2) is 29.7 Å². The van der Waals surface area contributed by atoms with E-state index in [1.54, 1.807) is 4.31 Å². The summed E-state index contributed by atoms with van der Waals surface area (Å²) in [6.07, 6.45) is 1.86. The fourth-order valence-electron chi connectivity index (χ4n) is 3.04. The van der Waals surface area contributed by atoms with Gasteiger partial charge in [0.1, 0.15) is 0 Å². The third-order valence-corrected chi connectivity index (χ3v) is 6.13. The van der Waals surface area contributed by atoms with Gasteiger partial charge in [0.05, 0.1) is 4.90 Å². The molecule has 1 heterocycles. The van der Waals surface area contributed by atoms with Crippen LogP contribution >= 0.6 is 0 Å². The van der Waals surface area contributed by atoms with Crippen molar-refractivity contribution >= 4 is 10.0 Å². The Hall–Kier alpha value is -1.17. The lowest BCUT2D eigenvalue weighted by Gasteiger charge is -2.34. The van der Waals surface area contributed by atoms with Crippen molar-refractivity contribution in [3.63, 3.8) is 0 Å². The summed E-state index contributed by atoms with van der Waals surface area (Å²) in [7, 11) is -3.40. The van der Waals surface area contributed by atoms with Crippen LogP contribution < -0.4 is 0 Å². The molecule has 1 aliphatic heterocycles. The number of hydrogen-bond acceptors (Lipinski definition) is 3. The van der Waals surface area contributed by atoms with E-state index in [1.807, 2.05) is 39.0 Å². The number of nitrogens with zero attached hydrogens (tertiary/aromatic N) is 2. The highest BCUT2D eigenvalue weighted by Gasteiger charge is 2.30. The van der Waals surface area contributed by atoms with Gasteiger partial charge in [-0.2, -0.15) is 4.31 Å². The fourth-order valence-corrected chi connectivity index (χ4v) is 4.87. The van der Waals surface area contributed by atoms with Crippen LogP contribution in [0.25, 0.3) is 0 Å². The average Bonchev–Trinajstić information content (AvgIpc) is 2.38. The van der Waals surface area contributed by atoms with Crippen LogP contribution in [0.3, 0.4) is 0 Å². The van der Waals surface area contributed by atoms with Gasteiger partial charge in [-0.25, -0.2) is 8.42 Å². The highest BCUT2D eigenvalue weighted by Crippen LogP contribution is 2.25. The predicted octanol–water partition coefficient (Wildman–Crippen LogP) is 2.10. The van der Waals surface area contributed by atoms with Crippen LogP contribution in [0.2, 0.25) is 0 Å². The van der Waals surface area contributed by atoms with E-state index < -0.39 is 10.0 Å². The first-order chi connectivity index (χ1) is 9.86. The SMILES string of the molecule is C=CCN1CCN(S(=O)(=O)c2c(C)cc(C)cc2C)CC1. The monoisotopic (exact) mass is 308 g/mol. The van der Waals surface area contributed by atoms with Crippen molar-refractivity contribution in [1.82, 2.24) is 9.21 Å². The normalized spacial score (nSPS) is 17.9. The second-order valence-corrected chi connectivity index (χ2v) is 7.60. The molecular formula is C16H24N2O2S. The lowest BCUT2D eigenvalue weighted by molar-refractivity contribution is 0.204. The number of benzene rings is 1. The third kappa shape index (κ3) is 3.36. The minimum absolute atomic E-state index is 0.477. The zero-order valence-electron chi connectivity index (χ0n) is 13.1. The lowest BCUT2D eigenvalue weighted by atomic mass is 10.1. The Bertz CT molecular complexity index is 607. The number of hydrogen-bond donors (Lipinski definition) is 0. The van der Waals surface area contributed by atoms with Gasteiger partial charge in [0, 0.05) is 32.7 Å². The molecule has 0 unspecified atom stereocenters. The van der Waals surface area contributed by atoms with Gasteiger partial charge >= 0.3 is 0 Å². The number of sulfonamides is 1. The van der Waals surface area contributed by atoms with Crippen LogP contribution in [0.4, 0.5) is 0 Å². The molecule has 0 saturated carbocycles. The smallest absolute Gasteiger partial charge is 0.243 e.